The summed E-state index contributed by atoms with van der Waals surface area (Å²) in [4.78, 5) is 1.31. The summed E-state index contributed by atoms with van der Waals surface area (Å²) in [5.41, 5.74) is 0. The Labute approximate surface area is 64.6 Å². The summed E-state index contributed by atoms with van der Waals surface area (Å²) in [6.45, 7) is 2.07. The van der Waals surface area contributed by atoms with Crippen molar-refractivity contribution in [2.45, 2.75) is 6.92 Å². The van der Waals surface area contributed by atoms with Crippen molar-refractivity contribution in [2.75, 3.05) is 0 Å². The Kier molecular flexibility index (Phi) is 1.81. The van der Waals surface area contributed by atoms with Crippen LogP contribution in [0.4, 0.5) is 0 Å². The molecule has 0 saturated heterocycles. The molecule has 0 N–H and O–H groups in total. The van der Waals surface area contributed by atoms with E-state index in [1.165, 1.54) is 4.88 Å². The molecule has 1 aromatic rings. The molecule has 0 amide bonds. The predicted octanol–water partition coefficient (Wildman–Crippen LogP) is 1.68. The highest BCUT2D eigenvalue weighted by Crippen LogP contribution is 2.18. The minimum atomic E-state index is 0.0828. The van der Waals surface area contributed by atoms with E-state index in [0.29, 0.717) is 0 Å². The van der Waals surface area contributed by atoms with Gasteiger partial charge in [0.2, 0.25) is 4.88 Å². The number of nitrogens with zero attached hydrogens (tertiary/aromatic N) is 2. The smallest absolute Gasteiger partial charge is 0.0895 e. The second-order valence-electron chi connectivity index (χ2n) is 1.51. The van der Waals surface area contributed by atoms with Gasteiger partial charge in [0, 0.05) is 6.92 Å². The molecule has 2 nitrogen and oxygen atoms in total. The van der Waals surface area contributed by atoms with Gasteiger partial charge in [-0.15, -0.1) is 0 Å². The van der Waals surface area contributed by atoms with Crippen LogP contribution < -0.4 is 0 Å². The normalized spacial score (nSPS) is 12.1. The lowest BCUT2D eigenvalue weighted by Crippen LogP contribution is -1.69. The van der Waals surface area contributed by atoms with E-state index in [0.717, 1.165) is 3.70 Å². The molecule has 0 aliphatic carbocycles. The summed E-state index contributed by atoms with van der Waals surface area (Å²) in [7, 11) is 0.0828. The molecule has 1 heterocycles. The van der Waals surface area contributed by atoms with E-state index in [1.54, 1.807) is 0 Å². The summed E-state index contributed by atoms with van der Waals surface area (Å²) in [5.74, 6) is 0. The number of hydrogen-bond acceptors (Lipinski definition) is 2. The topological polar surface area (TPSA) is 25.8 Å². The maximum Gasteiger partial charge on any atom is 0.206 e. The number of hydrogen-bond donors (Lipinski definition) is 0. The van der Waals surface area contributed by atoms with Gasteiger partial charge in [-0.3, -0.25) is 0 Å². The average molecular weight is 241 g/mol. The Morgan fingerprint density at radius 2 is 2.25 bits per heavy atom. The fourth-order valence-corrected chi connectivity index (χ4v) is 2.17. The zero-order chi connectivity index (χ0) is 6.15. The molecular weight excluding hydrogens is 235 g/mol. The fraction of sp³-hybridized carbons (Fsp3) is 0.500. The van der Waals surface area contributed by atoms with E-state index in [1.807, 2.05) is 0 Å². The van der Waals surface area contributed by atoms with E-state index in [-0.39, 0.29) is 10.7 Å². The van der Waals surface area contributed by atoms with Crippen LogP contribution in [0.25, 0.3) is 0 Å². The number of aryl methyl sites for hydroxylation is 1. The van der Waals surface area contributed by atoms with Gasteiger partial charge in [-0.25, -0.2) is 0 Å². The molecule has 1 aromatic heterocycles. The first-order valence-corrected chi connectivity index (χ1v) is 4.83. The van der Waals surface area contributed by atoms with Crippen molar-refractivity contribution in [1.29, 1.82) is 0 Å². The lowest BCUT2D eigenvalue weighted by Gasteiger charge is -1.70. The van der Waals surface area contributed by atoms with Crippen LogP contribution in [0.3, 0.4) is 0 Å². The highest BCUT2D eigenvalue weighted by atomic mass is 127. The Bertz CT molecular complexity index is 176. The van der Waals surface area contributed by atoms with Gasteiger partial charge in [0.1, 0.15) is 16.9 Å². The van der Waals surface area contributed by atoms with Crippen LogP contribution in [-0.2, 0) is 6.26 Å². The highest BCUT2D eigenvalue weighted by molar-refractivity contribution is 14.1. The SMILES string of the molecule is Cc1c(I)nn[s+]1C. The van der Waals surface area contributed by atoms with Crippen LogP contribution in [0.2, 0.25) is 0 Å². The van der Waals surface area contributed by atoms with Gasteiger partial charge in [-0.2, -0.15) is 0 Å². The summed E-state index contributed by atoms with van der Waals surface area (Å²) in [5, 5.41) is 3.90. The molecule has 0 spiro atoms. The van der Waals surface area contributed by atoms with Crippen molar-refractivity contribution in [1.82, 2.24) is 9.59 Å². The molecule has 1 rings (SSSR count). The van der Waals surface area contributed by atoms with Gasteiger partial charge in [0.25, 0.3) is 0 Å². The Morgan fingerprint density at radius 3 is 2.38 bits per heavy atom. The minimum Gasteiger partial charge on any atom is -0.0895 e. The summed E-state index contributed by atoms with van der Waals surface area (Å²) >= 11 is 2.20. The first-order valence-electron chi connectivity index (χ1n) is 2.16. The molecule has 1 atom stereocenters. The van der Waals surface area contributed by atoms with Crippen LogP contribution in [0.15, 0.2) is 0 Å². The van der Waals surface area contributed by atoms with Crippen LogP contribution in [0.1, 0.15) is 4.88 Å². The lowest BCUT2D eigenvalue weighted by molar-refractivity contribution is 1.11. The van der Waals surface area contributed by atoms with E-state index in [9.17, 15) is 0 Å². The maximum absolute atomic E-state index is 3.97. The van der Waals surface area contributed by atoms with Crippen molar-refractivity contribution in [3.8, 4) is 0 Å². The van der Waals surface area contributed by atoms with Gasteiger partial charge in [-0.05, 0) is 22.6 Å². The van der Waals surface area contributed by atoms with Gasteiger partial charge in [-0.1, -0.05) is 5.10 Å². The Hall–Kier alpha value is 0.290. The van der Waals surface area contributed by atoms with Crippen LogP contribution in [-0.4, -0.2) is 9.59 Å². The summed E-state index contributed by atoms with van der Waals surface area (Å²) in [6.07, 6.45) is 2.07. The van der Waals surface area contributed by atoms with Crippen LogP contribution >= 0.6 is 33.3 Å². The molecule has 44 valence electrons. The minimum absolute atomic E-state index is 0.0828. The van der Waals surface area contributed by atoms with Crippen molar-refractivity contribution >= 4 is 33.3 Å². The maximum atomic E-state index is 3.97. The second kappa shape index (κ2) is 2.26. The molecule has 0 saturated carbocycles. The van der Waals surface area contributed by atoms with Gasteiger partial charge in [0.05, 0.1) is 4.49 Å². The molecule has 0 aromatic carbocycles. The Morgan fingerprint density at radius 1 is 1.62 bits per heavy atom. The molecule has 0 fully saturated rings. The molecule has 0 aliphatic rings. The predicted molar refractivity (Wildman–Crippen MR) is 42.9 cm³/mol. The van der Waals surface area contributed by atoms with Crippen molar-refractivity contribution in [2.24, 2.45) is 6.26 Å². The number of aromatic nitrogens is 2. The first kappa shape index (κ1) is 6.41. The number of halogens is 1. The third kappa shape index (κ3) is 0.997. The number of rotatable bonds is 0. The van der Waals surface area contributed by atoms with Crippen LogP contribution in [0, 0.1) is 10.6 Å². The highest BCUT2D eigenvalue weighted by Gasteiger charge is 2.10. The molecule has 0 radical (unpaired) electrons. The Balaban J connectivity index is 3.19. The standard InChI is InChI=1S/C4H6IN2S/c1-3-4(5)6-7-8(3)2/h1-2H3/q+1. The van der Waals surface area contributed by atoms with E-state index >= 15 is 0 Å². The quantitative estimate of drug-likeness (QED) is 0.510. The molecule has 0 bridgehead atoms. The van der Waals surface area contributed by atoms with E-state index in [2.05, 4.69) is 45.4 Å². The molecule has 4 heteroatoms. The van der Waals surface area contributed by atoms with Crippen LogP contribution in [0.5, 0.6) is 0 Å². The van der Waals surface area contributed by atoms with Gasteiger partial charge in [0.15, 0.2) is 3.70 Å². The monoisotopic (exact) mass is 241 g/mol. The molecule has 0 aliphatic heterocycles. The average Bonchev–Trinajstić information content (AvgIpc) is 1.98. The van der Waals surface area contributed by atoms with E-state index < -0.39 is 0 Å². The third-order valence-corrected chi connectivity index (χ3v) is 3.78. The fourth-order valence-electron chi connectivity index (χ4n) is 0.351. The van der Waals surface area contributed by atoms with Gasteiger partial charge >= 0.3 is 0 Å². The summed E-state index contributed by atoms with van der Waals surface area (Å²) in [6, 6.07) is 0. The zero-order valence-electron chi connectivity index (χ0n) is 4.68. The second-order valence-corrected chi connectivity index (χ2v) is 4.26. The lowest BCUT2D eigenvalue weighted by atomic mass is 10.7. The van der Waals surface area contributed by atoms with E-state index in [4.69, 9.17) is 0 Å². The largest absolute Gasteiger partial charge is 0.206 e. The molecule has 1 unspecified atom stereocenters. The third-order valence-electron chi connectivity index (χ3n) is 0.985. The molecule has 8 heavy (non-hydrogen) atoms. The van der Waals surface area contributed by atoms with Crippen molar-refractivity contribution < 1.29 is 0 Å². The van der Waals surface area contributed by atoms with Crippen molar-refractivity contribution in [3.63, 3.8) is 0 Å². The summed E-state index contributed by atoms with van der Waals surface area (Å²) < 4.78 is 5.03. The first-order chi connectivity index (χ1) is 3.72. The van der Waals surface area contributed by atoms with Gasteiger partial charge < -0.3 is 0 Å². The van der Waals surface area contributed by atoms with Crippen molar-refractivity contribution in [3.05, 3.63) is 8.58 Å². The zero-order valence-corrected chi connectivity index (χ0v) is 7.65. The molecular formula is C4H6IN2S+.